The molecule has 0 radical (unpaired) electrons. The third kappa shape index (κ3) is 5.92. The van der Waals surface area contributed by atoms with Crippen molar-refractivity contribution < 1.29 is 9.90 Å². The van der Waals surface area contributed by atoms with Gasteiger partial charge in [0.05, 0.1) is 5.03 Å². The van der Waals surface area contributed by atoms with E-state index < -0.39 is 11.5 Å². The smallest absolute Gasteiger partial charge is 0.323 e. The van der Waals surface area contributed by atoms with Gasteiger partial charge in [-0.25, -0.2) is 4.98 Å². The predicted octanol–water partition coefficient (Wildman–Crippen LogP) is 3.19. The van der Waals surface area contributed by atoms with Gasteiger partial charge in [0.25, 0.3) is 0 Å². The maximum Gasteiger partial charge on any atom is 0.323 e. The number of carboxylic acids is 1. The van der Waals surface area contributed by atoms with Crippen molar-refractivity contribution in [1.29, 1.82) is 0 Å². The molecule has 0 aliphatic heterocycles. The first-order valence-electron chi connectivity index (χ1n) is 7.11. The number of pyridine rings is 1. The second kappa shape index (κ2) is 8.97. The Morgan fingerprint density at radius 2 is 2.25 bits per heavy atom. The molecule has 1 aromatic rings. The van der Waals surface area contributed by atoms with E-state index in [2.05, 4.69) is 10.3 Å². The molecule has 2 N–H and O–H groups in total. The molecule has 0 aliphatic carbocycles. The van der Waals surface area contributed by atoms with E-state index in [9.17, 15) is 9.90 Å². The molecule has 0 spiro atoms. The fourth-order valence-electron chi connectivity index (χ4n) is 1.86. The predicted molar refractivity (Wildman–Crippen MR) is 83.1 cm³/mol. The van der Waals surface area contributed by atoms with Crippen LogP contribution in [-0.2, 0) is 4.79 Å². The van der Waals surface area contributed by atoms with Gasteiger partial charge in [-0.05, 0) is 50.6 Å². The van der Waals surface area contributed by atoms with Gasteiger partial charge < -0.3 is 10.4 Å². The molecule has 1 aromatic heterocycles. The van der Waals surface area contributed by atoms with Gasteiger partial charge in [0.2, 0.25) is 0 Å². The van der Waals surface area contributed by atoms with E-state index in [4.69, 9.17) is 0 Å². The summed E-state index contributed by atoms with van der Waals surface area (Å²) in [6.45, 7) is 4.56. The van der Waals surface area contributed by atoms with E-state index in [1.807, 2.05) is 25.1 Å². The minimum Gasteiger partial charge on any atom is -0.480 e. The normalized spacial score (nSPS) is 13.9. The third-order valence-electron chi connectivity index (χ3n) is 3.20. The van der Waals surface area contributed by atoms with Crippen LogP contribution in [0.25, 0.3) is 0 Å². The van der Waals surface area contributed by atoms with Crippen molar-refractivity contribution in [2.24, 2.45) is 0 Å². The van der Waals surface area contributed by atoms with Crippen molar-refractivity contribution in [3.63, 3.8) is 0 Å². The largest absolute Gasteiger partial charge is 0.480 e. The molecule has 1 heterocycles. The Labute approximate surface area is 125 Å². The van der Waals surface area contributed by atoms with Crippen LogP contribution in [0.15, 0.2) is 29.4 Å². The molecule has 4 nitrogen and oxygen atoms in total. The maximum atomic E-state index is 11.3. The van der Waals surface area contributed by atoms with Gasteiger partial charge in [-0.1, -0.05) is 19.4 Å². The zero-order chi connectivity index (χ0) is 14.8. The van der Waals surface area contributed by atoms with Crippen LogP contribution in [0.2, 0.25) is 0 Å². The number of aromatic nitrogens is 1. The topological polar surface area (TPSA) is 62.2 Å². The summed E-state index contributed by atoms with van der Waals surface area (Å²) in [5.74, 6) is 0.212. The summed E-state index contributed by atoms with van der Waals surface area (Å²) in [6, 6.07) is 5.88. The molecule has 0 fully saturated rings. The summed E-state index contributed by atoms with van der Waals surface area (Å²) in [6.07, 6.45) is 5.29. The Balaban J connectivity index is 2.25. The number of carboxylic acid groups (broad SMARTS) is 1. The van der Waals surface area contributed by atoms with Crippen LogP contribution in [0.3, 0.4) is 0 Å². The van der Waals surface area contributed by atoms with Crippen LogP contribution in [-0.4, -0.2) is 33.9 Å². The Morgan fingerprint density at radius 1 is 1.45 bits per heavy atom. The highest BCUT2D eigenvalue weighted by molar-refractivity contribution is 7.99. The Hall–Kier alpha value is -1.07. The summed E-state index contributed by atoms with van der Waals surface area (Å²) >= 11 is 1.72. The number of rotatable bonds is 10. The quantitative estimate of drug-likeness (QED) is 0.513. The van der Waals surface area contributed by atoms with Crippen molar-refractivity contribution >= 4 is 17.7 Å². The highest BCUT2D eigenvalue weighted by Crippen LogP contribution is 2.19. The Morgan fingerprint density at radius 3 is 2.85 bits per heavy atom. The van der Waals surface area contributed by atoms with Crippen LogP contribution in [0.1, 0.15) is 39.5 Å². The third-order valence-corrected chi connectivity index (χ3v) is 4.23. The summed E-state index contributed by atoms with van der Waals surface area (Å²) < 4.78 is 0. The van der Waals surface area contributed by atoms with Crippen LogP contribution in [0, 0.1) is 0 Å². The molecule has 0 amide bonds. The second-order valence-corrected chi connectivity index (χ2v) is 6.15. The van der Waals surface area contributed by atoms with Crippen molar-refractivity contribution in [1.82, 2.24) is 10.3 Å². The van der Waals surface area contributed by atoms with Gasteiger partial charge >= 0.3 is 5.97 Å². The first-order chi connectivity index (χ1) is 9.58. The highest BCUT2D eigenvalue weighted by atomic mass is 32.2. The number of aliphatic carboxylic acids is 1. The molecule has 0 aliphatic rings. The molecule has 0 aromatic carbocycles. The van der Waals surface area contributed by atoms with Gasteiger partial charge in [0, 0.05) is 6.20 Å². The number of unbranched alkanes of at least 4 members (excludes halogenated alkanes) is 1. The average molecular weight is 296 g/mol. The lowest BCUT2D eigenvalue weighted by Gasteiger charge is -2.26. The van der Waals surface area contributed by atoms with Crippen molar-refractivity contribution in [3.05, 3.63) is 24.4 Å². The number of nitrogens with one attached hydrogen (secondary N) is 1. The highest BCUT2D eigenvalue weighted by Gasteiger charge is 2.31. The van der Waals surface area contributed by atoms with E-state index in [0.717, 1.165) is 36.6 Å². The van der Waals surface area contributed by atoms with Crippen LogP contribution in [0.5, 0.6) is 0 Å². The van der Waals surface area contributed by atoms with E-state index in [1.165, 1.54) is 0 Å². The number of nitrogens with zero attached hydrogens (tertiary/aromatic N) is 1. The van der Waals surface area contributed by atoms with Gasteiger partial charge in [-0.15, -0.1) is 11.8 Å². The Kier molecular flexibility index (Phi) is 7.62. The molecule has 1 unspecified atom stereocenters. The number of hydrogen-bond donors (Lipinski definition) is 2. The summed E-state index contributed by atoms with van der Waals surface area (Å²) in [7, 11) is 0. The number of hydrogen-bond acceptors (Lipinski definition) is 4. The number of thioether (sulfide) groups is 1. The zero-order valence-electron chi connectivity index (χ0n) is 12.3. The van der Waals surface area contributed by atoms with Crippen LogP contribution < -0.4 is 5.32 Å². The summed E-state index contributed by atoms with van der Waals surface area (Å²) in [5.41, 5.74) is -0.800. The molecular weight excluding hydrogens is 272 g/mol. The van der Waals surface area contributed by atoms with Crippen molar-refractivity contribution in [2.75, 3.05) is 12.3 Å². The lowest BCUT2D eigenvalue weighted by atomic mass is 9.95. The maximum absolute atomic E-state index is 11.3. The standard InChI is InChI=1S/C15H24N2O2S/c1-3-10-17-15(2,14(18)19)9-5-7-12-20-13-8-4-6-11-16-13/h4,6,8,11,17H,3,5,7,9-10,12H2,1-2H3,(H,18,19). The lowest BCUT2D eigenvalue weighted by Crippen LogP contribution is -2.49. The minimum atomic E-state index is -0.800. The van der Waals surface area contributed by atoms with Gasteiger partial charge in [-0.2, -0.15) is 0 Å². The monoisotopic (exact) mass is 296 g/mol. The van der Waals surface area contributed by atoms with Gasteiger partial charge in [-0.3, -0.25) is 4.79 Å². The van der Waals surface area contributed by atoms with E-state index in [-0.39, 0.29) is 0 Å². The van der Waals surface area contributed by atoms with Crippen molar-refractivity contribution in [2.45, 2.75) is 50.1 Å². The first-order valence-corrected chi connectivity index (χ1v) is 8.09. The van der Waals surface area contributed by atoms with E-state index >= 15 is 0 Å². The fraction of sp³-hybridized carbons (Fsp3) is 0.600. The molecule has 112 valence electrons. The van der Waals surface area contributed by atoms with Gasteiger partial charge in [0.15, 0.2) is 0 Å². The SMILES string of the molecule is CCCNC(C)(CCCCSc1ccccn1)C(=O)O. The van der Waals surface area contributed by atoms with Crippen LogP contribution >= 0.6 is 11.8 Å². The fourth-order valence-corrected chi connectivity index (χ4v) is 2.73. The Bertz CT molecular complexity index is 400. The molecule has 0 saturated heterocycles. The molecule has 20 heavy (non-hydrogen) atoms. The van der Waals surface area contributed by atoms with E-state index in [0.29, 0.717) is 6.42 Å². The first kappa shape index (κ1) is 17.0. The zero-order valence-corrected chi connectivity index (χ0v) is 13.1. The van der Waals surface area contributed by atoms with Crippen molar-refractivity contribution in [3.8, 4) is 0 Å². The molecule has 1 rings (SSSR count). The summed E-state index contributed by atoms with van der Waals surface area (Å²) in [5, 5.41) is 13.5. The molecule has 5 heteroatoms. The second-order valence-electron chi connectivity index (χ2n) is 5.04. The lowest BCUT2D eigenvalue weighted by molar-refractivity contribution is -0.144. The molecule has 0 saturated carbocycles. The van der Waals surface area contributed by atoms with E-state index in [1.54, 1.807) is 24.9 Å². The van der Waals surface area contributed by atoms with Crippen LogP contribution in [0.4, 0.5) is 0 Å². The van der Waals surface area contributed by atoms with Gasteiger partial charge in [0.1, 0.15) is 5.54 Å². The minimum absolute atomic E-state index is 0.658. The molecule has 1 atom stereocenters. The molecule has 0 bridgehead atoms. The summed E-state index contributed by atoms with van der Waals surface area (Å²) in [4.78, 5) is 15.6. The number of carbonyl (C=O) groups is 1. The molecular formula is C15H24N2O2S. The average Bonchev–Trinajstić information content (AvgIpc) is 2.45.